The number of hydrogen-bond acceptors (Lipinski definition) is 1. The van der Waals surface area contributed by atoms with E-state index in [1.165, 1.54) is 25.7 Å². The second-order valence-electron chi connectivity index (χ2n) is 5.81. The standard InChI is InChI=1S/C15H17ClINO/c16-13-4-3-12(17)8-14(13)18-15(19)7-11-6-9-1-2-10(11)5-9/h3-4,8-11H,1-2,5-7H2,(H,18,19). The van der Waals surface area contributed by atoms with Crippen molar-refractivity contribution in [3.8, 4) is 0 Å². The zero-order chi connectivity index (χ0) is 13.4. The second-order valence-corrected chi connectivity index (χ2v) is 7.46. The summed E-state index contributed by atoms with van der Waals surface area (Å²) in [6, 6.07) is 5.69. The summed E-state index contributed by atoms with van der Waals surface area (Å²) >= 11 is 8.33. The highest BCUT2D eigenvalue weighted by Crippen LogP contribution is 2.49. The molecular weight excluding hydrogens is 373 g/mol. The Kier molecular flexibility index (Phi) is 4.03. The van der Waals surface area contributed by atoms with E-state index >= 15 is 0 Å². The normalized spacial score (nSPS) is 28.6. The fourth-order valence-corrected chi connectivity index (χ4v) is 4.32. The molecule has 1 amide bonds. The minimum absolute atomic E-state index is 0.112. The minimum atomic E-state index is 0.112. The van der Waals surface area contributed by atoms with E-state index in [1.54, 1.807) is 0 Å². The molecule has 102 valence electrons. The van der Waals surface area contributed by atoms with Crippen LogP contribution >= 0.6 is 34.2 Å². The van der Waals surface area contributed by atoms with Gasteiger partial charge in [0.15, 0.2) is 0 Å². The average Bonchev–Trinajstić information content (AvgIpc) is 2.96. The van der Waals surface area contributed by atoms with E-state index in [2.05, 4.69) is 27.9 Å². The van der Waals surface area contributed by atoms with Crippen molar-refractivity contribution in [2.24, 2.45) is 17.8 Å². The molecule has 2 saturated carbocycles. The lowest BCUT2D eigenvalue weighted by Gasteiger charge is -2.21. The van der Waals surface area contributed by atoms with Crippen molar-refractivity contribution >= 4 is 45.8 Å². The van der Waals surface area contributed by atoms with Gasteiger partial charge in [0.25, 0.3) is 0 Å². The van der Waals surface area contributed by atoms with Crippen LogP contribution in [0.1, 0.15) is 32.1 Å². The molecule has 0 saturated heterocycles. The monoisotopic (exact) mass is 389 g/mol. The third kappa shape index (κ3) is 3.07. The van der Waals surface area contributed by atoms with Crippen LogP contribution in [0.2, 0.25) is 5.02 Å². The molecule has 3 rings (SSSR count). The predicted molar refractivity (Wildman–Crippen MR) is 86.4 cm³/mol. The number of rotatable bonds is 3. The zero-order valence-corrected chi connectivity index (χ0v) is 13.6. The van der Waals surface area contributed by atoms with Crippen LogP contribution in [0, 0.1) is 21.3 Å². The van der Waals surface area contributed by atoms with Gasteiger partial charge in [-0.3, -0.25) is 4.79 Å². The van der Waals surface area contributed by atoms with Crippen LogP contribution in [-0.2, 0) is 4.79 Å². The Hall–Kier alpha value is -0.290. The van der Waals surface area contributed by atoms with Crippen molar-refractivity contribution in [3.05, 3.63) is 26.8 Å². The average molecular weight is 390 g/mol. The van der Waals surface area contributed by atoms with Gasteiger partial charge in [-0.2, -0.15) is 0 Å². The Labute approximate surface area is 132 Å². The van der Waals surface area contributed by atoms with Gasteiger partial charge < -0.3 is 5.32 Å². The van der Waals surface area contributed by atoms with E-state index in [-0.39, 0.29) is 5.91 Å². The van der Waals surface area contributed by atoms with Crippen LogP contribution in [0.4, 0.5) is 5.69 Å². The van der Waals surface area contributed by atoms with Gasteiger partial charge in [-0.1, -0.05) is 18.0 Å². The molecule has 0 spiro atoms. The lowest BCUT2D eigenvalue weighted by molar-refractivity contribution is -0.117. The summed E-state index contributed by atoms with van der Waals surface area (Å²) < 4.78 is 1.08. The van der Waals surface area contributed by atoms with E-state index in [0.29, 0.717) is 17.4 Å². The van der Waals surface area contributed by atoms with Crippen molar-refractivity contribution in [2.75, 3.05) is 5.32 Å². The number of carbonyl (C=O) groups is 1. The minimum Gasteiger partial charge on any atom is -0.325 e. The zero-order valence-electron chi connectivity index (χ0n) is 10.7. The van der Waals surface area contributed by atoms with Gasteiger partial charge in [0.2, 0.25) is 5.91 Å². The molecular formula is C15H17ClINO. The molecule has 0 aromatic heterocycles. The van der Waals surface area contributed by atoms with Crippen LogP contribution in [0.5, 0.6) is 0 Å². The molecule has 3 atom stereocenters. The van der Waals surface area contributed by atoms with Gasteiger partial charge in [0, 0.05) is 9.99 Å². The van der Waals surface area contributed by atoms with E-state index in [0.717, 1.165) is 21.1 Å². The molecule has 3 unspecified atom stereocenters. The third-order valence-electron chi connectivity index (χ3n) is 4.53. The smallest absolute Gasteiger partial charge is 0.224 e. The number of amides is 1. The maximum Gasteiger partial charge on any atom is 0.224 e. The highest BCUT2D eigenvalue weighted by Gasteiger charge is 2.40. The van der Waals surface area contributed by atoms with E-state index in [9.17, 15) is 4.79 Å². The number of fused-ring (bicyclic) bond motifs is 2. The summed E-state index contributed by atoms with van der Waals surface area (Å²) in [7, 11) is 0. The molecule has 2 nitrogen and oxygen atoms in total. The lowest BCUT2D eigenvalue weighted by Crippen LogP contribution is -2.20. The van der Waals surface area contributed by atoms with Crippen molar-refractivity contribution in [2.45, 2.75) is 32.1 Å². The van der Waals surface area contributed by atoms with Crippen molar-refractivity contribution in [3.63, 3.8) is 0 Å². The Morgan fingerprint density at radius 3 is 2.89 bits per heavy atom. The van der Waals surface area contributed by atoms with Crippen LogP contribution in [0.15, 0.2) is 18.2 Å². The first-order valence-electron chi connectivity index (χ1n) is 6.86. The van der Waals surface area contributed by atoms with Gasteiger partial charge in [0.1, 0.15) is 0 Å². The summed E-state index contributed by atoms with van der Waals surface area (Å²) in [6.45, 7) is 0. The van der Waals surface area contributed by atoms with Gasteiger partial charge >= 0.3 is 0 Å². The molecule has 2 aliphatic rings. The van der Waals surface area contributed by atoms with Crippen molar-refractivity contribution in [1.29, 1.82) is 0 Å². The molecule has 0 heterocycles. The van der Waals surface area contributed by atoms with Crippen molar-refractivity contribution in [1.82, 2.24) is 0 Å². The molecule has 0 aliphatic heterocycles. The van der Waals surface area contributed by atoms with Gasteiger partial charge in [-0.25, -0.2) is 0 Å². The Balaban J connectivity index is 1.61. The summed E-state index contributed by atoms with van der Waals surface area (Å²) in [6.07, 6.45) is 5.96. The van der Waals surface area contributed by atoms with Crippen molar-refractivity contribution < 1.29 is 4.79 Å². The lowest BCUT2D eigenvalue weighted by atomic mass is 9.86. The second kappa shape index (κ2) is 5.60. The Morgan fingerprint density at radius 2 is 2.21 bits per heavy atom. The van der Waals surface area contributed by atoms with Crippen LogP contribution in [-0.4, -0.2) is 5.91 Å². The molecule has 1 aromatic carbocycles. The van der Waals surface area contributed by atoms with E-state index < -0.39 is 0 Å². The number of anilines is 1. The van der Waals surface area contributed by atoms with E-state index in [1.807, 2.05) is 18.2 Å². The first-order valence-corrected chi connectivity index (χ1v) is 8.32. The summed E-state index contributed by atoms with van der Waals surface area (Å²) in [5.74, 6) is 2.40. The molecule has 1 aromatic rings. The highest BCUT2D eigenvalue weighted by atomic mass is 127. The SMILES string of the molecule is O=C(CC1CC2CCC1C2)Nc1cc(I)ccc1Cl. The van der Waals surface area contributed by atoms with Crippen LogP contribution in [0.3, 0.4) is 0 Å². The number of carbonyl (C=O) groups excluding carboxylic acids is 1. The fourth-order valence-electron chi connectivity index (χ4n) is 3.66. The summed E-state index contributed by atoms with van der Waals surface area (Å²) in [4.78, 5) is 12.1. The Bertz CT molecular complexity index is 505. The third-order valence-corrected chi connectivity index (χ3v) is 5.54. The van der Waals surface area contributed by atoms with Gasteiger partial charge in [-0.05, 0) is 77.8 Å². The van der Waals surface area contributed by atoms with Gasteiger partial charge in [0.05, 0.1) is 10.7 Å². The molecule has 19 heavy (non-hydrogen) atoms. The van der Waals surface area contributed by atoms with Crippen LogP contribution in [0.25, 0.3) is 0 Å². The van der Waals surface area contributed by atoms with Gasteiger partial charge in [-0.15, -0.1) is 0 Å². The number of nitrogens with one attached hydrogen (secondary N) is 1. The number of benzene rings is 1. The summed E-state index contributed by atoms with van der Waals surface area (Å²) in [5, 5.41) is 3.57. The largest absolute Gasteiger partial charge is 0.325 e. The predicted octanol–water partition coefficient (Wildman–Crippen LogP) is 4.71. The molecule has 2 aliphatic carbocycles. The molecule has 0 radical (unpaired) electrons. The maximum atomic E-state index is 12.1. The topological polar surface area (TPSA) is 29.1 Å². The highest BCUT2D eigenvalue weighted by molar-refractivity contribution is 14.1. The molecule has 2 bridgehead atoms. The molecule has 4 heteroatoms. The van der Waals surface area contributed by atoms with E-state index in [4.69, 9.17) is 11.6 Å². The quantitative estimate of drug-likeness (QED) is 0.745. The fraction of sp³-hybridized carbons (Fsp3) is 0.533. The molecule has 1 N–H and O–H groups in total. The first kappa shape index (κ1) is 13.7. The Morgan fingerprint density at radius 1 is 1.37 bits per heavy atom. The molecule has 2 fully saturated rings. The maximum absolute atomic E-state index is 12.1. The first-order chi connectivity index (χ1) is 9.11. The number of hydrogen-bond donors (Lipinski definition) is 1. The number of halogens is 2. The summed E-state index contributed by atoms with van der Waals surface area (Å²) in [5.41, 5.74) is 0.738. The van der Waals surface area contributed by atoms with Crippen LogP contribution < -0.4 is 5.32 Å².